The third-order valence-electron chi connectivity index (χ3n) is 5.30. The third kappa shape index (κ3) is 4.55. The minimum atomic E-state index is -1.00. The highest BCUT2D eigenvalue weighted by Crippen LogP contribution is 2.28. The van der Waals surface area contributed by atoms with Crippen LogP contribution in [0.4, 0.5) is 0 Å². The molecule has 27 heavy (non-hydrogen) atoms. The van der Waals surface area contributed by atoms with Crippen molar-refractivity contribution in [2.75, 3.05) is 13.7 Å². The summed E-state index contributed by atoms with van der Waals surface area (Å²) in [7, 11) is 1.75. The van der Waals surface area contributed by atoms with Crippen LogP contribution < -0.4 is 5.32 Å². The highest BCUT2D eigenvalue weighted by Gasteiger charge is 2.22. The molecule has 1 aliphatic carbocycles. The lowest BCUT2D eigenvalue weighted by Gasteiger charge is -2.27. The molecule has 0 bridgehead atoms. The van der Waals surface area contributed by atoms with Crippen LogP contribution in [-0.4, -0.2) is 36.7 Å². The van der Waals surface area contributed by atoms with E-state index < -0.39 is 5.97 Å². The minimum Gasteiger partial charge on any atom is -0.478 e. The van der Waals surface area contributed by atoms with Gasteiger partial charge in [0.15, 0.2) is 0 Å². The third-order valence-corrected chi connectivity index (χ3v) is 5.30. The first kappa shape index (κ1) is 19.1. The molecule has 0 heterocycles. The predicted octanol–water partition coefficient (Wildman–Crippen LogP) is 3.99. The summed E-state index contributed by atoms with van der Waals surface area (Å²) in [6, 6.07) is 13.9. The quantitative estimate of drug-likeness (QED) is 0.809. The Labute approximate surface area is 159 Å². The van der Waals surface area contributed by atoms with Gasteiger partial charge in [0.2, 0.25) is 0 Å². The lowest BCUT2D eigenvalue weighted by Crippen LogP contribution is -2.32. The fraction of sp³-hybridized carbons (Fsp3) is 0.364. The van der Waals surface area contributed by atoms with Crippen LogP contribution in [-0.2, 0) is 4.74 Å². The molecule has 1 fully saturated rings. The van der Waals surface area contributed by atoms with Gasteiger partial charge in [0.1, 0.15) is 0 Å². The molecule has 3 rings (SSSR count). The van der Waals surface area contributed by atoms with Crippen LogP contribution in [0.15, 0.2) is 48.5 Å². The SMILES string of the molecule is COC1CCC(CNC(=O)c2ccccc2-c2ccccc2C(=O)O)CC1. The average Bonchev–Trinajstić information content (AvgIpc) is 2.72. The summed E-state index contributed by atoms with van der Waals surface area (Å²) in [6.45, 7) is 0.629. The van der Waals surface area contributed by atoms with Gasteiger partial charge in [0, 0.05) is 19.2 Å². The molecular weight excluding hydrogens is 342 g/mol. The molecule has 0 saturated heterocycles. The normalized spacial score (nSPS) is 19.4. The number of ether oxygens (including phenoxy) is 1. The molecule has 0 spiro atoms. The molecule has 0 atom stereocenters. The Morgan fingerprint density at radius 3 is 2.11 bits per heavy atom. The fourth-order valence-corrected chi connectivity index (χ4v) is 3.72. The molecule has 1 saturated carbocycles. The van der Waals surface area contributed by atoms with Crippen molar-refractivity contribution in [1.82, 2.24) is 5.32 Å². The summed E-state index contributed by atoms with van der Waals surface area (Å²) in [5.74, 6) is -0.714. The monoisotopic (exact) mass is 367 g/mol. The molecule has 5 nitrogen and oxygen atoms in total. The van der Waals surface area contributed by atoms with E-state index in [4.69, 9.17) is 4.74 Å². The molecular formula is C22H25NO4. The highest BCUT2D eigenvalue weighted by atomic mass is 16.5. The first-order chi connectivity index (χ1) is 13.1. The number of carboxylic acid groups (broad SMARTS) is 1. The summed E-state index contributed by atoms with van der Waals surface area (Å²) in [5.41, 5.74) is 1.87. The van der Waals surface area contributed by atoms with Gasteiger partial charge in [-0.25, -0.2) is 4.79 Å². The zero-order chi connectivity index (χ0) is 19.2. The number of carbonyl (C=O) groups is 2. The van der Waals surface area contributed by atoms with Crippen molar-refractivity contribution in [1.29, 1.82) is 0 Å². The second-order valence-electron chi connectivity index (χ2n) is 6.98. The Bertz CT molecular complexity index is 809. The molecule has 2 N–H and O–H groups in total. The maximum absolute atomic E-state index is 12.8. The number of nitrogens with one attached hydrogen (secondary N) is 1. The number of methoxy groups -OCH3 is 1. The number of hydrogen-bond acceptors (Lipinski definition) is 3. The van der Waals surface area contributed by atoms with Crippen molar-refractivity contribution in [3.8, 4) is 11.1 Å². The number of rotatable bonds is 6. The number of amides is 1. The second-order valence-corrected chi connectivity index (χ2v) is 6.98. The topological polar surface area (TPSA) is 75.6 Å². The van der Waals surface area contributed by atoms with E-state index in [0.717, 1.165) is 25.7 Å². The van der Waals surface area contributed by atoms with E-state index in [0.29, 0.717) is 35.3 Å². The van der Waals surface area contributed by atoms with Gasteiger partial charge in [0.05, 0.1) is 11.7 Å². The van der Waals surface area contributed by atoms with Gasteiger partial charge >= 0.3 is 5.97 Å². The van der Waals surface area contributed by atoms with Crippen LogP contribution >= 0.6 is 0 Å². The van der Waals surface area contributed by atoms with E-state index in [-0.39, 0.29) is 11.5 Å². The number of carboxylic acids is 1. The standard InChI is InChI=1S/C22H25NO4/c1-27-16-12-10-15(11-13-16)14-23-21(24)19-8-4-2-6-17(19)18-7-3-5-9-20(18)22(25)26/h2-9,15-16H,10-14H2,1H3,(H,23,24)(H,25,26). The smallest absolute Gasteiger partial charge is 0.336 e. The largest absolute Gasteiger partial charge is 0.478 e. The van der Waals surface area contributed by atoms with E-state index >= 15 is 0 Å². The van der Waals surface area contributed by atoms with Gasteiger partial charge in [-0.1, -0.05) is 36.4 Å². The molecule has 1 amide bonds. The van der Waals surface area contributed by atoms with Gasteiger partial charge in [-0.3, -0.25) is 4.79 Å². The van der Waals surface area contributed by atoms with E-state index in [9.17, 15) is 14.7 Å². The van der Waals surface area contributed by atoms with Gasteiger partial charge in [-0.05, 0) is 54.9 Å². The lowest BCUT2D eigenvalue weighted by atomic mass is 9.87. The van der Waals surface area contributed by atoms with Crippen LogP contribution in [0.1, 0.15) is 46.4 Å². The number of carbonyl (C=O) groups excluding carboxylic acids is 1. The second kappa shape index (κ2) is 8.82. The van der Waals surface area contributed by atoms with Crippen molar-refractivity contribution >= 4 is 11.9 Å². The first-order valence-corrected chi connectivity index (χ1v) is 9.33. The first-order valence-electron chi connectivity index (χ1n) is 9.33. The van der Waals surface area contributed by atoms with Crippen molar-refractivity contribution in [3.05, 3.63) is 59.7 Å². The number of aromatic carboxylic acids is 1. The van der Waals surface area contributed by atoms with E-state index in [1.165, 1.54) is 0 Å². The molecule has 2 aromatic rings. The molecule has 0 unspecified atom stereocenters. The van der Waals surface area contributed by atoms with Gasteiger partial charge in [0.25, 0.3) is 5.91 Å². The van der Waals surface area contributed by atoms with E-state index in [2.05, 4.69) is 5.32 Å². The van der Waals surface area contributed by atoms with Crippen LogP contribution in [0.3, 0.4) is 0 Å². The van der Waals surface area contributed by atoms with Crippen LogP contribution in [0.2, 0.25) is 0 Å². The maximum atomic E-state index is 12.8. The molecule has 142 valence electrons. The maximum Gasteiger partial charge on any atom is 0.336 e. The number of hydrogen-bond donors (Lipinski definition) is 2. The summed E-state index contributed by atoms with van der Waals surface area (Å²) >= 11 is 0. The Balaban J connectivity index is 1.75. The van der Waals surface area contributed by atoms with Crippen LogP contribution in [0.25, 0.3) is 11.1 Å². The zero-order valence-corrected chi connectivity index (χ0v) is 15.5. The summed E-state index contributed by atoms with van der Waals surface area (Å²) in [6.07, 6.45) is 4.48. The van der Waals surface area contributed by atoms with Gasteiger partial charge < -0.3 is 15.2 Å². The molecule has 0 aliphatic heterocycles. The van der Waals surface area contributed by atoms with Crippen LogP contribution in [0, 0.1) is 5.92 Å². The van der Waals surface area contributed by atoms with Gasteiger partial charge in [-0.15, -0.1) is 0 Å². The predicted molar refractivity (Wildman–Crippen MR) is 104 cm³/mol. The van der Waals surface area contributed by atoms with Gasteiger partial charge in [-0.2, -0.15) is 0 Å². The molecule has 1 aliphatic rings. The van der Waals surface area contributed by atoms with E-state index in [1.54, 1.807) is 49.6 Å². The molecule has 2 aromatic carbocycles. The highest BCUT2D eigenvalue weighted by molar-refractivity contribution is 6.04. The lowest BCUT2D eigenvalue weighted by molar-refractivity contribution is 0.0563. The van der Waals surface area contributed by atoms with Crippen molar-refractivity contribution in [2.24, 2.45) is 5.92 Å². The Morgan fingerprint density at radius 2 is 1.52 bits per heavy atom. The minimum absolute atomic E-state index is 0.167. The van der Waals surface area contributed by atoms with Crippen LogP contribution in [0.5, 0.6) is 0 Å². The molecule has 5 heteroatoms. The fourth-order valence-electron chi connectivity index (χ4n) is 3.72. The van der Waals surface area contributed by atoms with E-state index in [1.807, 2.05) is 6.07 Å². The Morgan fingerprint density at radius 1 is 0.963 bits per heavy atom. The Kier molecular flexibility index (Phi) is 6.24. The Hall–Kier alpha value is -2.66. The average molecular weight is 367 g/mol. The molecule has 0 aromatic heterocycles. The summed E-state index contributed by atoms with van der Waals surface area (Å²) in [4.78, 5) is 24.3. The summed E-state index contributed by atoms with van der Waals surface area (Å²) in [5, 5.41) is 12.5. The number of benzene rings is 2. The zero-order valence-electron chi connectivity index (χ0n) is 15.5. The van der Waals surface area contributed by atoms with Crippen molar-refractivity contribution < 1.29 is 19.4 Å². The summed E-state index contributed by atoms with van der Waals surface area (Å²) < 4.78 is 5.39. The molecule has 0 radical (unpaired) electrons. The van der Waals surface area contributed by atoms with Crippen molar-refractivity contribution in [3.63, 3.8) is 0 Å². The van der Waals surface area contributed by atoms with Crippen molar-refractivity contribution in [2.45, 2.75) is 31.8 Å².